The van der Waals surface area contributed by atoms with Crippen LogP contribution < -0.4 is 0 Å². The predicted molar refractivity (Wildman–Crippen MR) is 71.1 cm³/mol. The number of hydrogen-bond donors (Lipinski definition) is 0. The van der Waals surface area contributed by atoms with Crippen molar-refractivity contribution in [2.45, 2.75) is 30.6 Å². The van der Waals surface area contributed by atoms with E-state index in [0.29, 0.717) is 23.4 Å². The Hall–Kier alpha value is -0.830. The molecule has 2 aliphatic rings. The largest absolute Gasteiger partial charge is 0.298 e. The highest BCUT2D eigenvalue weighted by Gasteiger charge is 2.42. The molecule has 0 spiro atoms. The van der Waals surface area contributed by atoms with Crippen LogP contribution in [0.2, 0.25) is 0 Å². The third-order valence-corrected chi connectivity index (χ3v) is 5.38. The van der Waals surface area contributed by atoms with E-state index >= 15 is 0 Å². The molecule has 0 radical (unpaired) electrons. The smallest absolute Gasteiger partial charge is 0.146 e. The number of benzene rings is 1. The zero-order valence-electron chi connectivity index (χ0n) is 10.3. The summed E-state index contributed by atoms with van der Waals surface area (Å²) in [5.41, 5.74) is 0. The lowest BCUT2D eigenvalue weighted by molar-refractivity contribution is -0.121. The van der Waals surface area contributed by atoms with Crippen molar-refractivity contribution in [3.05, 3.63) is 30.1 Å². The Morgan fingerprint density at radius 3 is 2.61 bits per heavy atom. The number of carbonyl (C=O) groups is 1. The van der Waals surface area contributed by atoms with Crippen LogP contribution in [0.3, 0.4) is 0 Å². The van der Waals surface area contributed by atoms with E-state index in [1.54, 1.807) is 12.1 Å². The molecule has 0 heterocycles. The topological polar surface area (TPSA) is 17.1 Å². The fourth-order valence-corrected chi connectivity index (χ4v) is 4.28. The fourth-order valence-electron chi connectivity index (χ4n) is 3.43. The molecule has 0 N–H and O–H groups in total. The number of thioether (sulfide) groups is 1. The monoisotopic (exact) mass is 264 g/mol. The summed E-state index contributed by atoms with van der Waals surface area (Å²) in [6.45, 7) is 0. The molecule has 0 amide bonds. The van der Waals surface area contributed by atoms with Crippen molar-refractivity contribution in [1.82, 2.24) is 0 Å². The molecule has 0 saturated heterocycles. The minimum absolute atomic E-state index is 0.223. The molecule has 96 valence electrons. The van der Waals surface area contributed by atoms with Gasteiger partial charge >= 0.3 is 0 Å². The van der Waals surface area contributed by atoms with Gasteiger partial charge in [0, 0.05) is 10.8 Å². The van der Waals surface area contributed by atoms with Gasteiger partial charge in [0.25, 0.3) is 0 Å². The van der Waals surface area contributed by atoms with Crippen LogP contribution in [-0.2, 0) is 4.79 Å². The van der Waals surface area contributed by atoms with Crippen molar-refractivity contribution in [3.63, 3.8) is 0 Å². The SMILES string of the molecule is O=C(CSc1ccc(F)cc1)C1CC2CCC1C2. The quantitative estimate of drug-likeness (QED) is 0.767. The van der Waals surface area contributed by atoms with E-state index in [4.69, 9.17) is 0 Å². The van der Waals surface area contributed by atoms with Gasteiger partial charge in [-0.15, -0.1) is 11.8 Å². The minimum atomic E-state index is -0.223. The third-order valence-electron chi connectivity index (χ3n) is 4.35. The summed E-state index contributed by atoms with van der Waals surface area (Å²) >= 11 is 1.54. The van der Waals surface area contributed by atoms with Gasteiger partial charge < -0.3 is 0 Å². The van der Waals surface area contributed by atoms with Crippen LogP contribution in [0.4, 0.5) is 4.39 Å². The molecule has 0 aliphatic heterocycles. The van der Waals surface area contributed by atoms with Gasteiger partial charge in [-0.2, -0.15) is 0 Å². The van der Waals surface area contributed by atoms with E-state index in [-0.39, 0.29) is 5.82 Å². The molecule has 0 aromatic heterocycles. The van der Waals surface area contributed by atoms with Crippen molar-refractivity contribution in [3.8, 4) is 0 Å². The Morgan fingerprint density at radius 2 is 2.00 bits per heavy atom. The van der Waals surface area contributed by atoms with Gasteiger partial charge in [-0.25, -0.2) is 4.39 Å². The van der Waals surface area contributed by atoms with Crippen molar-refractivity contribution in [2.75, 3.05) is 5.75 Å². The van der Waals surface area contributed by atoms with Crippen LogP contribution >= 0.6 is 11.8 Å². The Kier molecular flexibility index (Phi) is 3.42. The molecule has 3 rings (SSSR count). The van der Waals surface area contributed by atoms with Gasteiger partial charge in [-0.3, -0.25) is 4.79 Å². The molecular weight excluding hydrogens is 247 g/mol. The number of hydrogen-bond acceptors (Lipinski definition) is 2. The zero-order chi connectivity index (χ0) is 12.5. The maximum absolute atomic E-state index is 12.8. The third kappa shape index (κ3) is 2.46. The predicted octanol–water partition coefficient (Wildman–Crippen LogP) is 3.92. The molecule has 2 aliphatic carbocycles. The van der Waals surface area contributed by atoms with Crippen LogP contribution in [-0.4, -0.2) is 11.5 Å². The lowest BCUT2D eigenvalue weighted by Gasteiger charge is -2.19. The summed E-state index contributed by atoms with van der Waals surface area (Å²) in [7, 11) is 0. The van der Waals surface area contributed by atoms with Crippen molar-refractivity contribution < 1.29 is 9.18 Å². The van der Waals surface area contributed by atoms with Crippen molar-refractivity contribution in [2.24, 2.45) is 17.8 Å². The first kappa shape index (κ1) is 12.2. The molecule has 1 nitrogen and oxygen atoms in total. The van der Waals surface area contributed by atoms with E-state index < -0.39 is 0 Å². The average Bonchev–Trinajstić information content (AvgIpc) is 3.00. The Bertz CT molecular complexity index is 442. The van der Waals surface area contributed by atoms with Crippen LogP contribution in [0.1, 0.15) is 25.7 Å². The summed E-state index contributed by atoms with van der Waals surface area (Å²) in [6, 6.07) is 6.39. The summed E-state index contributed by atoms with van der Waals surface area (Å²) in [6.07, 6.45) is 4.98. The second-order valence-electron chi connectivity index (χ2n) is 5.49. The average molecular weight is 264 g/mol. The van der Waals surface area contributed by atoms with Gasteiger partial charge in [0.15, 0.2) is 0 Å². The normalized spacial score (nSPS) is 29.7. The summed E-state index contributed by atoms with van der Waals surface area (Å²) in [5.74, 6) is 2.52. The van der Waals surface area contributed by atoms with Gasteiger partial charge in [-0.05, 0) is 55.4 Å². The first-order chi connectivity index (χ1) is 8.72. The minimum Gasteiger partial charge on any atom is -0.298 e. The molecule has 2 saturated carbocycles. The fraction of sp³-hybridized carbons (Fsp3) is 0.533. The molecule has 18 heavy (non-hydrogen) atoms. The lowest BCUT2D eigenvalue weighted by atomic mass is 9.86. The number of Topliss-reactive ketones (excluding diaryl/α,β-unsaturated/α-hetero) is 1. The maximum atomic E-state index is 12.8. The first-order valence-corrected chi connectivity index (χ1v) is 7.62. The van der Waals surface area contributed by atoms with Gasteiger partial charge in [0.05, 0.1) is 5.75 Å². The Labute approximate surface area is 111 Å². The molecule has 2 fully saturated rings. The van der Waals surface area contributed by atoms with Gasteiger partial charge in [0.2, 0.25) is 0 Å². The van der Waals surface area contributed by atoms with Crippen LogP contribution in [0.25, 0.3) is 0 Å². The van der Waals surface area contributed by atoms with Crippen LogP contribution in [0.5, 0.6) is 0 Å². The van der Waals surface area contributed by atoms with E-state index in [1.165, 1.54) is 43.2 Å². The number of halogens is 1. The first-order valence-electron chi connectivity index (χ1n) is 6.63. The lowest BCUT2D eigenvalue weighted by Crippen LogP contribution is -2.22. The molecular formula is C15H17FOS. The second-order valence-corrected chi connectivity index (χ2v) is 6.54. The Balaban J connectivity index is 1.54. The highest BCUT2D eigenvalue weighted by Crippen LogP contribution is 2.48. The number of carbonyl (C=O) groups excluding carboxylic acids is 1. The molecule has 2 bridgehead atoms. The van der Waals surface area contributed by atoms with Crippen molar-refractivity contribution in [1.29, 1.82) is 0 Å². The summed E-state index contributed by atoms with van der Waals surface area (Å²) in [5, 5.41) is 0. The van der Waals surface area contributed by atoms with Crippen LogP contribution in [0, 0.1) is 23.6 Å². The highest BCUT2D eigenvalue weighted by atomic mass is 32.2. The summed E-state index contributed by atoms with van der Waals surface area (Å²) < 4.78 is 12.8. The highest BCUT2D eigenvalue weighted by molar-refractivity contribution is 8.00. The zero-order valence-corrected chi connectivity index (χ0v) is 11.1. The maximum Gasteiger partial charge on any atom is 0.146 e. The van der Waals surface area contributed by atoms with Crippen molar-refractivity contribution >= 4 is 17.5 Å². The second kappa shape index (κ2) is 5.04. The molecule has 1 aromatic rings. The summed E-state index contributed by atoms with van der Waals surface area (Å²) in [4.78, 5) is 13.2. The van der Waals surface area contributed by atoms with E-state index in [9.17, 15) is 9.18 Å². The van der Waals surface area contributed by atoms with Crippen LogP contribution in [0.15, 0.2) is 29.2 Å². The van der Waals surface area contributed by atoms with E-state index in [0.717, 1.165) is 17.2 Å². The van der Waals surface area contributed by atoms with Gasteiger partial charge in [-0.1, -0.05) is 6.42 Å². The van der Waals surface area contributed by atoms with Gasteiger partial charge in [0.1, 0.15) is 11.6 Å². The van der Waals surface area contributed by atoms with E-state index in [2.05, 4.69) is 0 Å². The molecule has 1 aromatic carbocycles. The molecule has 3 heteroatoms. The molecule has 3 unspecified atom stereocenters. The molecule has 3 atom stereocenters. The number of fused-ring (bicyclic) bond motifs is 2. The standard InChI is InChI=1S/C15H17FOS/c16-12-3-5-13(6-4-12)18-9-15(17)14-8-10-1-2-11(14)7-10/h3-6,10-11,14H,1-2,7-9H2. The van der Waals surface area contributed by atoms with E-state index in [1.807, 2.05) is 0 Å². The number of rotatable bonds is 4. The number of ketones is 1. The Morgan fingerprint density at radius 1 is 1.22 bits per heavy atom.